The number of rotatable bonds is 2. The third kappa shape index (κ3) is 2.60. The molecule has 0 aromatic heterocycles. The monoisotopic (exact) mass is 458 g/mol. The molecule has 0 saturated carbocycles. The van der Waals surface area contributed by atoms with Crippen LogP contribution in [0.4, 0.5) is 11.4 Å². The fraction of sp³-hybridized carbons (Fsp3) is 0.464. The number of phenols is 2. The van der Waals surface area contributed by atoms with Crippen LogP contribution in [-0.2, 0) is 30.5 Å². The number of aryl methyl sites for hydroxylation is 2. The maximum Gasteiger partial charge on any atom is 0.182 e. The van der Waals surface area contributed by atoms with Crippen molar-refractivity contribution in [1.82, 2.24) is 0 Å². The summed E-state index contributed by atoms with van der Waals surface area (Å²) in [6.07, 6.45) is 7.51. The molecule has 4 heterocycles. The van der Waals surface area contributed by atoms with E-state index in [4.69, 9.17) is 0 Å². The lowest BCUT2D eigenvalue weighted by Crippen LogP contribution is -2.36. The van der Waals surface area contributed by atoms with Crippen molar-refractivity contribution in [2.45, 2.75) is 57.3 Å². The van der Waals surface area contributed by atoms with Crippen LogP contribution in [0.15, 0.2) is 17.9 Å². The maximum atomic E-state index is 13.5. The molecule has 34 heavy (non-hydrogen) atoms. The molecule has 0 saturated heterocycles. The molecule has 1 unspecified atom stereocenters. The van der Waals surface area contributed by atoms with Gasteiger partial charge in [-0.1, -0.05) is 0 Å². The van der Waals surface area contributed by atoms with Gasteiger partial charge >= 0.3 is 0 Å². The Morgan fingerprint density at radius 1 is 0.706 bits per heavy atom. The molecule has 1 atom stereocenters. The number of hydrogen-bond acceptors (Lipinski definition) is 6. The minimum Gasteiger partial charge on any atom is -0.510 e. The van der Waals surface area contributed by atoms with Gasteiger partial charge in [0, 0.05) is 59.8 Å². The predicted octanol–water partition coefficient (Wildman–Crippen LogP) is 4.13. The van der Waals surface area contributed by atoms with Gasteiger partial charge in [0.05, 0.1) is 5.57 Å². The Morgan fingerprint density at radius 2 is 1.24 bits per heavy atom. The molecular formula is C28H30N2O4. The van der Waals surface area contributed by atoms with Gasteiger partial charge in [-0.3, -0.25) is 4.79 Å². The molecule has 0 fully saturated rings. The van der Waals surface area contributed by atoms with Gasteiger partial charge in [0.25, 0.3) is 0 Å². The van der Waals surface area contributed by atoms with Crippen LogP contribution in [0, 0.1) is 0 Å². The van der Waals surface area contributed by atoms with E-state index in [0.717, 1.165) is 106 Å². The predicted molar refractivity (Wildman–Crippen MR) is 131 cm³/mol. The average Bonchev–Trinajstić information content (AvgIpc) is 2.85. The Hall–Kier alpha value is -3.15. The number of anilines is 2. The summed E-state index contributed by atoms with van der Waals surface area (Å²) in [6, 6.07) is 3.86. The third-order valence-electron chi connectivity index (χ3n) is 8.64. The number of carbonyl (C=O) groups is 1. The largest absolute Gasteiger partial charge is 0.510 e. The number of aliphatic hydroxyl groups is 1. The van der Waals surface area contributed by atoms with Gasteiger partial charge < -0.3 is 25.1 Å². The third-order valence-corrected chi connectivity index (χ3v) is 8.64. The van der Waals surface area contributed by atoms with Gasteiger partial charge in [0.15, 0.2) is 5.78 Å². The fourth-order valence-corrected chi connectivity index (χ4v) is 7.14. The Morgan fingerprint density at radius 3 is 1.82 bits per heavy atom. The fourth-order valence-electron chi connectivity index (χ4n) is 7.14. The van der Waals surface area contributed by atoms with Gasteiger partial charge in [-0.05, 0) is 74.6 Å². The number of carbonyl (C=O) groups excluding carboxylic acids is 1. The van der Waals surface area contributed by atoms with Crippen LogP contribution in [0.25, 0.3) is 5.57 Å². The lowest BCUT2D eigenvalue weighted by molar-refractivity contribution is -0.116. The Balaban J connectivity index is 1.34. The number of benzene rings is 2. The van der Waals surface area contributed by atoms with Crippen LogP contribution >= 0.6 is 0 Å². The number of nitrogens with zero attached hydrogens (tertiary/aromatic N) is 2. The smallest absolute Gasteiger partial charge is 0.182 e. The van der Waals surface area contributed by atoms with Crippen LogP contribution in [0.3, 0.4) is 0 Å². The van der Waals surface area contributed by atoms with Crippen LogP contribution < -0.4 is 9.80 Å². The first kappa shape index (κ1) is 20.2. The average molecular weight is 459 g/mol. The van der Waals surface area contributed by atoms with E-state index in [-0.39, 0.29) is 28.6 Å². The number of phenolic OH excluding ortho intramolecular Hbond substituents is 2. The second-order valence-electron chi connectivity index (χ2n) is 10.5. The molecule has 4 aliphatic heterocycles. The number of allylic oxidation sites excluding steroid dienone is 2. The Labute approximate surface area is 199 Å². The highest BCUT2D eigenvalue weighted by Gasteiger charge is 2.45. The van der Waals surface area contributed by atoms with Crippen molar-refractivity contribution in [2.75, 3.05) is 36.0 Å². The highest BCUT2D eigenvalue weighted by molar-refractivity contribution is 6.32. The molecule has 7 rings (SSSR count). The zero-order chi connectivity index (χ0) is 23.1. The molecule has 0 spiro atoms. The van der Waals surface area contributed by atoms with Crippen molar-refractivity contribution < 1.29 is 20.1 Å². The van der Waals surface area contributed by atoms with E-state index in [2.05, 4.69) is 9.80 Å². The summed E-state index contributed by atoms with van der Waals surface area (Å²) in [5.74, 6) is -0.790. The van der Waals surface area contributed by atoms with E-state index < -0.39 is 5.92 Å². The number of aromatic hydroxyl groups is 2. The van der Waals surface area contributed by atoms with E-state index in [1.807, 2.05) is 12.1 Å². The van der Waals surface area contributed by atoms with E-state index in [0.29, 0.717) is 11.1 Å². The minimum absolute atomic E-state index is 0.0261. The molecule has 0 bridgehead atoms. The second-order valence-corrected chi connectivity index (χ2v) is 10.5. The minimum atomic E-state index is -0.850. The molecule has 6 heteroatoms. The SMILES string of the molecule is O=C1C(c2cc3c4c(c2O)CCCN4CCC3)=C(O)C1c1cc2c3c(c1O)CCCN3CCC2. The summed E-state index contributed by atoms with van der Waals surface area (Å²) in [5.41, 5.74) is 7.65. The number of hydrogen-bond donors (Lipinski definition) is 3. The lowest BCUT2D eigenvalue weighted by Gasteiger charge is -2.39. The van der Waals surface area contributed by atoms with Crippen molar-refractivity contribution in [3.8, 4) is 11.5 Å². The zero-order valence-corrected chi connectivity index (χ0v) is 19.4. The van der Waals surface area contributed by atoms with E-state index in [9.17, 15) is 20.1 Å². The van der Waals surface area contributed by atoms with Gasteiger partial charge in [0.2, 0.25) is 0 Å². The molecule has 0 radical (unpaired) electrons. The van der Waals surface area contributed by atoms with Crippen LogP contribution in [0.1, 0.15) is 65.0 Å². The van der Waals surface area contributed by atoms with Crippen molar-refractivity contribution in [3.05, 3.63) is 51.3 Å². The van der Waals surface area contributed by atoms with Crippen molar-refractivity contribution in [3.63, 3.8) is 0 Å². The first-order valence-electron chi connectivity index (χ1n) is 12.8. The summed E-state index contributed by atoms with van der Waals surface area (Å²) >= 11 is 0. The van der Waals surface area contributed by atoms with Crippen LogP contribution in [0.5, 0.6) is 11.5 Å². The zero-order valence-electron chi connectivity index (χ0n) is 19.4. The molecule has 1 aliphatic carbocycles. The summed E-state index contributed by atoms with van der Waals surface area (Å²) in [7, 11) is 0. The van der Waals surface area contributed by atoms with Gasteiger partial charge in [-0.15, -0.1) is 0 Å². The summed E-state index contributed by atoms with van der Waals surface area (Å²) in [6.45, 7) is 4.03. The van der Waals surface area contributed by atoms with Crippen molar-refractivity contribution in [1.29, 1.82) is 0 Å². The van der Waals surface area contributed by atoms with E-state index >= 15 is 0 Å². The number of Topliss-reactive ketones (excluding diaryl/α,β-unsaturated/α-hetero) is 1. The Bertz CT molecular complexity index is 1290. The lowest BCUT2D eigenvalue weighted by atomic mass is 9.72. The van der Waals surface area contributed by atoms with Crippen molar-refractivity contribution >= 4 is 22.7 Å². The molecular weight excluding hydrogens is 428 g/mol. The van der Waals surface area contributed by atoms with Crippen molar-refractivity contribution in [2.24, 2.45) is 0 Å². The summed E-state index contributed by atoms with van der Waals surface area (Å²) in [4.78, 5) is 18.2. The van der Waals surface area contributed by atoms with E-state index in [1.165, 1.54) is 5.56 Å². The van der Waals surface area contributed by atoms with Gasteiger partial charge in [0.1, 0.15) is 23.2 Å². The summed E-state index contributed by atoms with van der Waals surface area (Å²) < 4.78 is 0. The standard InChI is InChI=1S/C28H30N2O4/c31-25-17-7-3-11-29-9-1-5-15(23(17)29)13-19(25)21-27(33)22(28(21)34)20-14-16-6-2-10-30-12-4-8-18(24(16)30)26(20)32/h13-14,21,31-33H,1-12H2. The molecule has 5 aliphatic rings. The molecule has 0 amide bonds. The first-order chi connectivity index (χ1) is 16.5. The van der Waals surface area contributed by atoms with Gasteiger partial charge in [-0.2, -0.15) is 0 Å². The quantitative estimate of drug-likeness (QED) is 0.628. The number of ketones is 1. The molecule has 176 valence electrons. The van der Waals surface area contributed by atoms with Gasteiger partial charge in [-0.25, -0.2) is 0 Å². The molecule has 6 nitrogen and oxygen atoms in total. The molecule has 3 N–H and O–H groups in total. The summed E-state index contributed by atoms with van der Waals surface area (Å²) in [5, 5.41) is 33.5. The first-order valence-corrected chi connectivity index (χ1v) is 12.8. The second kappa shape index (κ2) is 7.17. The maximum absolute atomic E-state index is 13.5. The molecule has 2 aromatic rings. The topological polar surface area (TPSA) is 84.2 Å². The highest BCUT2D eigenvalue weighted by Crippen LogP contribution is 2.53. The van der Waals surface area contributed by atoms with Crippen LogP contribution in [0.2, 0.25) is 0 Å². The van der Waals surface area contributed by atoms with E-state index in [1.54, 1.807) is 0 Å². The normalized spacial score (nSPS) is 22.9. The van der Waals surface area contributed by atoms with Crippen LogP contribution in [-0.4, -0.2) is 47.3 Å². The Kier molecular flexibility index (Phi) is 4.27. The molecule has 2 aromatic carbocycles. The number of aliphatic hydroxyl groups excluding tert-OH is 1. The highest BCUT2D eigenvalue weighted by atomic mass is 16.3.